The van der Waals surface area contributed by atoms with Crippen molar-refractivity contribution in [2.24, 2.45) is 5.84 Å². The maximum Gasteiger partial charge on any atom is 0.265 e. The fraction of sp³-hybridized carbons (Fsp3) is 0.917. The number of carbonyl (C=O) groups is 1. The predicted molar refractivity (Wildman–Crippen MR) is 64.9 cm³/mol. The van der Waals surface area contributed by atoms with Gasteiger partial charge >= 0.3 is 0 Å². The summed E-state index contributed by atoms with van der Waals surface area (Å²) in [5, 5.41) is 0. The van der Waals surface area contributed by atoms with Gasteiger partial charge in [-0.2, -0.15) is 0 Å². The Hall–Kier alpha value is -0.770. The Bertz CT molecular complexity index is 426. The first-order valence-corrected chi connectivity index (χ1v) is 6.60. The van der Waals surface area contributed by atoms with Crippen molar-refractivity contribution in [2.45, 2.75) is 70.0 Å². The third kappa shape index (κ3) is 2.22. The molecule has 20 heavy (non-hydrogen) atoms. The van der Waals surface area contributed by atoms with Crippen molar-refractivity contribution in [1.82, 2.24) is 5.43 Å². The van der Waals surface area contributed by atoms with Crippen molar-refractivity contribution in [3.05, 3.63) is 0 Å². The van der Waals surface area contributed by atoms with Gasteiger partial charge in [0.25, 0.3) is 5.91 Å². The maximum absolute atomic E-state index is 11.9. The molecule has 114 valence electrons. The van der Waals surface area contributed by atoms with Crippen molar-refractivity contribution in [1.29, 1.82) is 0 Å². The Balaban J connectivity index is 1.90. The van der Waals surface area contributed by atoms with E-state index in [0.717, 1.165) is 0 Å². The van der Waals surface area contributed by atoms with Crippen LogP contribution >= 0.6 is 0 Å². The summed E-state index contributed by atoms with van der Waals surface area (Å²) in [5.74, 6) is 3.09. The second-order valence-electron chi connectivity index (χ2n) is 6.10. The van der Waals surface area contributed by atoms with Crippen molar-refractivity contribution in [3.63, 3.8) is 0 Å². The molecule has 3 fully saturated rings. The molecule has 8 heteroatoms. The van der Waals surface area contributed by atoms with E-state index < -0.39 is 48.2 Å². The van der Waals surface area contributed by atoms with Gasteiger partial charge in [-0.25, -0.2) is 5.84 Å². The molecule has 3 heterocycles. The van der Waals surface area contributed by atoms with Crippen LogP contribution in [-0.2, 0) is 28.5 Å². The molecular formula is C12H20N2O6. The number of nitrogens with two attached hydrogens (primary N) is 1. The lowest BCUT2D eigenvalue weighted by Crippen LogP contribution is -2.60. The molecule has 3 N–H and O–H groups in total. The highest BCUT2D eigenvalue weighted by Gasteiger charge is 2.62. The molecule has 8 nitrogen and oxygen atoms in total. The molecule has 0 aromatic heterocycles. The topological polar surface area (TPSA) is 101 Å². The van der Waals surface area contributed by atoms with Gasteiger partial charge in [0.2, 0.25) is 0 Å². The first-order valence-electron chi connectivity index (χ1n) is 6.60. The Labute approximate surface area is 116 Å². The number of rotatable bonds is 1. The highest BCUT2D eigenvalue weighted by molar-refractivity contribution is 5.81. The van der Waals surface area contributed by atoms with Gasteiger partial charge in [-0.3, -0.25) is 10.2 Å². The molecule has 5 atom stereocenters. The summed E-state index contributed by atoms with van der Waals surface area (Å²) in [7, 11) is 0. The van der Waals surface area contributed by atoms with Crippen LogP contribution in [0.5, 0.6) is 0 Å². The monoisotopic (exact) mass is 288 g/mol. The summed E-state index contributed by atoms with van der Waals surface area (Å²) in [6.07, 6.45) is -3.07. The normalized spacial score (nSPS) is 44.8. The lowest BCUT2D eigenvalue weighted by atomic mass is 9.98. The molecule has 0 aromatic rings. The summed E-state index contributed by atoms with van der Waals surface area (Å²) in [4.78, 5) is 11.9. The van der Waals surface area contributed by atoms with Crippen LogP contribution in [0.1, 0.15) is 27.7 Å². The Morgan fingerprint density at radius 1 is 0.950 bits per heavy atom. The number of carbonyl (C=O) groups excluding carboxylic acids is 1. The molecule has 3 aliphatic rings. The fourth-order valence-electron chi connectivity index (χ4n) is 2.91. The van der Waals surface area contributed by atoms with E-state index in [1.54, 1.807) is 27.7 Å². The predicted octanol–water partition coefficient (Wildman–Crippen LogP) is -0.627. The summed E-state index contributed by atoms with van der Waals surface area (Å²) in [5.41, 5.74) is 2.08. The first-order chi connectivity index (χ1) is 9.22. The van der Waals surface area contributed by atoms with E-state index in [4.69, 9.17) is 29.5 Å². The molecular weight excluding hydrogens is 268 g/mol. The van der Waals surface area contributed by atoms with E-state index in [-0.39, 0.29) is 0 Å². The molecule has 0 aliphatic carbocycles. The minimum absolute atomic E-state index is 0.446. The molecule has 3 aliphatic heterocycles. The first kappa shape index (κ1) is 14.2. The van der Waals surface area contributed by atoms with E-state index in [9.17, 15) is 4.79 Å². The summed E-state index contributed by atoms with van der Waals surface area (Å²) in [6, 6.07) is 0. The van der Waals surface area contributed by atoms with Gasteiger partial charge in [0.15, 0.2) is 24.0 Å². The largest absolute Gasteiger partial charge is 0.342 e. The third-order valence-electron chi connectivity index (χ3n) is 3.56. The molecule has 0 bridgehead atoms. The van der Waals surface area contributed by atoms with E-state index >= 15 is 0 Å². The van der Waals surface area contributed by atoms with Crippen molar-refractivity contribution in [3.8, 4) is 0 Å². The van der Waals surface area contributed by atoms with Crippen LogP contribution in [0.25, 0.3) is 0 Å². The zero-order valence-corrected chi connectivity index (χ0v) is 11.9. The number of amides is 1. The van der Waals surface area contributed by atoms with E-state index in [1.165, 1.54) is 0 Å². The standard InChI is InChI=1S/C12H20N2O6/c1-11(2)17-5-6(18-11)8-10(20-12(3,4)19-8)16-7(5)9(15)14-13/h5-8,10H,13H2,1-4H3,(H,14,15)/t5-,6+,7+,8-,10-/m1/s1. The number of nitrogens with one attached hydrogen (secondary N) is 1. The average Bonchev–Trinajstić information content (AvgIpc) is 2.81. The lowest BCUT2D eigenvalue weighted by Gasteiger charge is -2.36. The van der Waals surface area contributed by atoms with Gasteiger partial charge < -0.3 is 23.7 Å². The second kappa shape index (κ2) is 4.36. The van der Waals surface area contributed by atoms with Crippen LogP contribution in [0.2, 0.25) is 0 Å². The third-order valence-corrected chi connectivity index (χ3v) is 3.56. The Morgan fingerprint density at radius 3 is 2.15 bits per heavy atom. The SMILES string of the molecule is CC1(C)O[C@H]2[C@@H](O1)[C@@H](C(=O)NN)O[C@@H]1OC(C)(C)O[C@@H]12. The summed E-state index contributed by atoms with van der Waals surface area (Å²) in [6.45, 7) is 7.11. The van der Waals surface area contributed by atoms with Crippen LogP contribution in [0, 0.1) is 0 Å². The average molecular weight is 288 g/mol. The van der Waals surface area contributed by atoms with Crippen LogP contribution in [-0.4, -0.2) is 48.2 Å². The molecule has 3 rings (SSSR count). The minimum Gasteiger partial charge on any atom is -0.342 e. The van der Waals surface area contributed by atoms with Crippen molar-refractivity contribution >= 4 is 5.91 Å². The number of fused-ring (bicyclic) bond motifs is 3. The van der Waals surface area contributed by atoms with E-state index in [2.05, 4.69) is 5.43 Å². The Kier molecular flexibility index (Phi) is 3.09. The highest BCUT2D eigenvalue weighted by Crippen LogP contribution is 2.43. The van der Waals surface area contributed by atoms with Crippen LogP contribution < -0.4 is 11.3 Å². The van der Waals surface area contributed by atoms with E-state index in [1.807, 2.05) is 0 Å². The lowest BCUT2D eigenvalue weighted by molar-refractivity contribution is -0.231. The molecule has 0 radical (unpaired) electrons. The molecule has 0 aromatic carbocycles. The van der Waals surface area contributed by atoms with Gasteiger partial charge in [0.05, 0.1) is 0 Å². The van der Waals surface area contributed by atoms with Gasteiger partial charge in [-0.15, -0.1) is 0 Å². The number of hydrogen-bond acceptors (Lipinski definition) is 7. The van der Waals surface area contributed by atoms with E-state index in [0.29, 0.717) is 0 Å². The van der Waals surface area contributed by atoms with Crippen LogP contribution in [0.15, 0.2) is 0 Å². The van der Waals surface area contributed by atoms with Crippen molar-refractivity contribution < 1.29 is 28.5 Å². The van der Waals surface area contributed by atoms with Gasteiger partial charge in [-0.1, -0.05) is 0 Å². The molecule has 0 unspecified atom stereocenters. The zero-order valence-electron chi connectivity index (χ0n) is 11.9. The van der Waals surface area contributed by atoms with Gasteiger partial charge in [0.1, 0.15) is 18.3 Å². The molecule has 3 saturated heterocycles. The quantitative estimate of drug-likeness (QED) is 0.376. The van der Waals surface area contributed by atoms with Gasteiger partial charge in [-0.05, 0) is 27.7 Å². The van der Waals surface area contributed by atoms with Crippen LogP contribution in [0.4, 0.5) is 0 Å². The molecule has 0 spiro atoms. The maximum atomic E-state index is 11.9. The fourth-order valence-corrected chi connectivity index (χ4v) is 2.91. The minimum atomic E-state index is -0.898. The Morgan fingerprint density at radius 2 is 1.50 bits per heavy atom. The van der Waals surface area contributed by atoms with Gasteiger partial charge in [0, 0.05) is 0 Å². The number of hydrazine groups is 1. The molecule has 0 saturated carbocycles. The smallest absolute Gasteiger partial charge is 0.265 e. The summed E-state index contributed by atoms with van der Waals surface area (Å²) >= 11 is 0. The van der Waals surface area contributed by atoms with Crippen LogP contribution in [0.3, 0.4) is 0 Å². The highest BCUT2D eigenvalue weighted by atomic mass is 16.9. The zero-order chi connectivity index (χ0) is 14.7. The molecule has 1 amide bonds. The number of ether oxygens (including phenoxy) is 5. The second-order valence-corrected chi connectivity index (χ2v) is 6.10. The number of hydrogen-bond donors (Lipinski definition) is 2. The summed E-state index contributed by atoms with van der Waals surface area (Å²) < 4.78 is 28.7. The van der Waals surface area contributed by atoms with Crippen molar-refractivity contribution in [2.75, 3.05) is 0 Å².